The molecule has 3 aromatic heterocycles. The number of halogens is 4. The zero-order chi connectivity index (χ0) is 23.3. The van der Waals surface area contributed by atoms with E-state index >= 15 is 4.39 Å². The highest BCUT2D eigenvalue weighted by Crippen LogP contribution is 2.34. The summed E-state index contributed by atoms with van der Waals surface area (Å²) >= 11 is 0. The van der Waals surface area contributed by atoms with Gasteiger partial charge in [0, 0.05) is 29.6 Å². The standard InChI is InChI=1S/C23H24F4N6/c1-13-29-21-17(24)11-14(12-18(21)33(13)15-5-9-32(2)10-6-15)20-16-4-8-28-22(16)31-19(30-20)3-7-23(25,26)27/h4,8,11-12,15H,3,5-7,9-10H2,1-2H3,(H,28,30,31). The third kappa shape index (κ3) is 4.19. The number of fused-ring (bicyclic) bond motifs is 2. The Balaban J connectivity index is 1.63. The van der Waals surface area contributed by atoms with Crippen molar-refractivity contribution in [2.75, 3.05) is 20.1 Å². The number of aromatic amines is 1. The monoisotopic (exact) mass is 460 g/mol. The van der Waals surface area contributed by atoms with E-state index in [9.17, 15) is 13.2 Å². The summed E-state index contributed by atoms with van der Waals surface area (Å²) in [5.74, 6) is 0.338. The fourth-order valence-corrected chi connectivity index (χ4v) is 4.69. The van der Waals surface area contributed by atoms with Crippen LogP contribution in [0, 0.1) is 12.7 Å². The van der Waals surface area contributed by atoms with E-state index in [1.54, 1.807) is 12.3 Å². The van der Waals surface area contributed by atoms with Crippen LogP contribution in [0.1, 0.15) is 37.0 Å². The number of nitrogens with one attached hydrogen (secondary N) is 1. The predicted molar refractivity (Wildman–Crippen MR) is 117 cm³/mol. The first kappa shape index (κ1) is 21.8. The fourth-order valence-electron chi connectivity index (χ4n) is 4.69. The number of benzene rings is 1. The third-order valence-electron chi connectivity index (χ3n) is 6.35. The van der Waals surface area contributed by atoms with Gasteiger partial charge in [0.15, 0.2) is 5.82 Å². The molecule has 0 aliphatic carbocycles. The summed E-state index contributed by atoms with van der Waals surface area (Å²) in [5.41, 5.74) is 2.31. The Morgan fingerprint density at radius 2 is 1.88 bits per heavy atom. The fraction of sp³-hybridized carbons (Fsp3) is 0.435. The van der Waals surface area contributed by atoms with Gasteiger partial charge in [0.05, 0.1) is 17.6 Å². The van der Waals surface area contributed by atoms with Gasteiger partial charge in [-0.05, 0) is 58.1 Å². The number of hydrogen-bond donors (Lipinski definition) is 1. The molecule has 0 unspecified atom stereocenters. The largest absolute Gasteiger partial charge is 0.389 e. The van der Waals surface area contributed by atoms with Crippen molar-refractivity contribution in [3.05, 3.63) is 41.9 Å². The average Bonchev–Trinajstić information content (AvgIpc) is 3.36. The number of H-pyrrole nitrogens is 1. The van der Waals surface area contributed by atoms with Crippen molar-refractivity contribution in [1.82, 2.24) is 29.4 Å². The number of nitrogens with zero attached hydrogens (tertiary/aromatic N) is 5. The molecule has 0 amide bonds. The van der Waals surface area contributed by atoms with E-state index < -0.39 is 18.4 Å². The number of aryl methyl sites for hydroxylation is 2. The van der Waals surface area contributed by atoms with Crippen LogP contribution in [0.2, 0.25) is 0 Å². The molecule has 6 nitrogen and oxygen atoms in total. The van der Waals surface area contributed by atoms with Crippen LogP contribution < -0.4 is 0 Å². The second-order valence-corrected chi connectivity index (χ2v) is 8.73. The van der Waals surface area contributed by atoms with E-state index in [0.29, 0.717) is 33.3 Å². The van der Waals surface area contributed by atoms with Gasteiger partial charge < -0.3 is 14.5 Å². The minimum Gasteiger partial charge on any atom is -0.346 e. The Morgan fingerprint density at radius 3 is 2.61 bits per heavy atom. The second kappa shape index (κ2) is 8.09. The van der Waals surface area contributed by atoms with E-state index in [1.165, 1.54) is 6.07 Å². The van der Waals surface area contributed by atoms with E-state index in [-0.39, 0.29) is 18.3 Å². The zero-order valence-electron chi connectivity index (χ0n) is 18.4. The normalized spacial score (nSPS) is 16.3. The maximum Gasteiger partial charge on any atom is 0.389 e. The average molecular weight is 460 g/mol. The first-order valence-corrected chi connectivity index (χ1v) is 11.0. The topological polar surface area (TPSA) is 62.6 Å². The predicted octanol–water partition coefficient (Wildman–Crippen LogP) is 5.18. The molecule has 1 N–H and O–H groups in total. The lowest BCUT2D eigenvalue weighted by Gasteiger charge is -2.30. The van der Waals surface area contributed by atoms with Crippen molar-refractivity contribution in [2.45, 2.75) is 44.8 Å². The molecule has 1 fully saturated rings. The molecule has 1 saturated heterocycles. The van der Waals surface area contributed by atoms with Gasteiger partial charge >= 0.3 is 6.18 Å². The highest BCUT2D eigenvalue weighted by Gasteiger charge is 2.28. The molecule has 4 aromatic rings. The van der Waals surface area contributed by atoms with Gasteiger partial charge in [-0.15, -0.1) is 0 Å². The second-order valence-electron chi connectivity index (χ2n) is 8.73. The molecule has 1 aromatic carbocycles. The van der Waals surface area contributed by atoms with E-state index in [0.717, 1.165) is 31.8 Å². The molecular formula is C23H24F4N6. The highest BCUT2D eigenvalue weighted by molar-refractivity contribution is 5.93. The highest BCUT2D eigenvalue weighted by atomic mass is 19.4. The lowest BCUT2D eigenvalue weighted by Crippen LogP contribution is -2.31. The summed E-state index contributed by atoms with van der Waals surface area (Å²) in [7, 11) is 2.08. The van der Waals surface area contributed by atoms with Crippen LogP contribution in [0.3, 0.4) is 0 Å². The maximum absolute atomic E-state index is 15.2. The van der Waals surface area contributed by atoms with E-state index in [4.69, 9.17) is 0 Å². The van der Waals surface area contributed by atoms with Crippen molar-refractivity contribution >= 4 is 22.1 Å². The Hall–Kier alpha value is -3.01. The first-order valence-electron chi connectivity index (χ1n) is 11.0. The Morgan fingerprint density at radius 1 is 1.12 bits per heavy atom. The van der Waals surface area contributed by atoms with Crippen LogP contribution in [-0.4, -0.2) is 55.7 Å². The van der Waals surface area contributed by atoms with Gasteiger partial charge in [-0.2, -0.15) is 13.2 Å². The number of alkyl halides is 3. The molecule has 4 heterocycles. The number of likely N-dealkylation sites (tertiary alicyclic amines) is 1. The number of hydrogen-bond acceptors (Lipinski definition) is 4. The summed E-state index contributed by atoms with van der Waals surface area (Å²) < 4.78 is 55.6. The van der Waals surface area contributed by atoms with Gasteiger partial charge in [0.1, 0.15) is 22.8 Å². The minimum absolute atomic E-state index is 0.0674. The molecule has 0 saturated carbocycles. The Bertz CT molecular complexity index is 1310. The van der Waals surface area contributed by atoms with Crippen LogP contribution in [-0.2, 0) is 6.42 Å². The van der Waals surface area contributed by atoms with Gasteiger partial charge in [-0.25, -0.2) is 19.3 Å². The molecule has 5 rings (SSSR count). The summed E-state index contributed by atoms with van der Waals surface area (Å²) in [6.07, 6.45) is -2.15. The smallest absolute Gasteiger partial charge is 0.346 e. The lowest BCUT2D eigenvalue weighted by atomic mass is 10.0. The molecule has 0 spiro atoms. The quantitative estimate of drug-likeness (QED) is 0.426. The molecule has 0 bridgehead atoms. The first-order chi connectivity index (χ1) is 15.7. The molecule has 0 radical (unpaired) electrons. The van der Waals surface area contributed by atoms with Gasteiger partial charge in [0.25, 0.3) is 0 Å². The Kier molecular flexibility index (Phi) is 5.35. The SMILES string of the molecule is Cc1nc2c(F)cc(-c3nc(CCC(F)(F)F)nc4[nH]ccc34)cc2n1C1CCN(C)CC1. The van der Waals surface area contributed by atoms with Crippen LogP contribution in [0.4, 0.5) is 17.6 Å². The molecule has 1 aliphatic heterocycles. The van der Waals surface area contributed by atoms with Gasteiger partial charge in [0.2, 0.25) is 0 Å². The van der Waals surface area contributed by atoms with Gasteiger partial charge in [-0.1, -0.05) is 0 Å². The van der Waals surface area contributed by atoms with E-state index in [2.05, 4.69) is 36.5 Å². The number of imidazole rings is 1. The summed E-state index contributed by atoms with van der Waals surface area (Å²) in [6.45, 7) is 3.77. The minimum atomic E-state index is -4.31. The lowest BCUT2D eigenvalue weighted by molar-refractivity contribution is -0.134. The summed E-state index contributed by atoms with van der Waals surface area (Å²) in [4.78, 5) is 18.3. The van der Waals surface area contributed by atoms with Crippen LogP contribution >= 0.6 is 0 Å². The molecule has 0 atom stereocenters. The third-order valence-corrected chi connectivity index (χ3v) is 6.35. The van der Waals surface area contributed by atoms with Crippen LogP contribution in [0.25, 0.3) is 33.3 Å². The molecule has 174 valence electrons. The summed E-state index contributed by atoms with van der Waals surface area (Å²) in [6, 6.07) is 5.16. The molecule has 1 aliphatic rings. The van der Waals surface area contributed by atoms with Crippen LogP contribution in [0.5, 0.6) is 0 Å². The van der Waals surface area contributed by atoms with Crippen molar-refractivity contribution in [2.24, 2.45) is 0 Å². The van der Waals surface area contributed by atoms with Crippen LogP contribution in [0.15, 0.2) is 24.4 Å². The number of rotatable bonds is 4. The maximum atomic E-state index is 15.2. The summed E-state index contributed by atoms with van der Waals surface area (Å²) in [5, 5.41) is 0.631. The number of piperidine rings is 1. The Labute approximate surface area is 187 Å². The van der Waals surface area contributed by atoms with Crippen molar-refractivity contribution in [1.29, 1.82) is 0 Å². The van der Waals surface area contributed by atoms with Gasteiger partial charge in [-0.3, -0.25) is 0 Å². The number of aromatic nitrogens is 5. The molecular weight excluding hydrogens is 436 g/mol. The zero-order valence-corrected chi connectivity index (χ0v) is 18.4. The van der Waals surface area contributed by atoms with E-state index in [1.807, 2.05) is 13.0 Å². The molecule has 10 heteroatoms. The molecule has 33 heavy (non-hydrogen) atoms. The van der Waals surface area contributed by atoms with Crippen molar-refractivity contribution in [3.8, 4) is 11.3 Å². The van der Waals surface area contributed by atoms with Crippen molar-refractivity contribution in [3.63, 3.8) is 0 Å². The van der Waals surface area contributed by atoms with Crippen molar-refractivity contribution < 1.29 is 17.6 Å².